The molecule has 0 saturated carbocycles. The Bertz CT molecular complexity index is 558. The zero-order valence-electron chi connectivity index (χ0n) is 10.5. The molecule has 2 aromatic rings. The number of benzene rings is 1. The number of rotatable bonds is 4. The molecule has 0 aliphatic heterocycles. The van der Waals surface area contributed by atoms with E-state index in [2.05, 4.69) is 18.8 Å². The van der Waals surface area contributed by atoms with Crippen LogP contribution in [-0.4, -0.2) is 20.6 Å². The molecule has 1 heterocycles. The molecule has 0 bridgehead atoms. The molecule has 0 fully saturated rings. The summed E-state index contributed by atoms with van der Waals surface area (Å²) < 4.78 is 2.05. The lowest BCUT2D eigenvalue weighted by atomic mass is 10.1. The third-order valence-electron chi connectivity index (χ3n) is 2.79. The van der Waals surface area contributed by atoms with Gasteiger partial charge in [0.1, 0.15) is 5.82 Å². The molecule has 0 saturated heterocycles. The maximum atomic E-state index is 10.9. The second-order valence-electron chi connectivity index (χ2n) is 4.57. The first-order valence-electron chi connectivity index (χ1n) is 5.91. The van der Waals surface area contributed by atoms with E-state index < -0.39 is 5.97 Å². The average molecular weight is 244 g/mol. The zero-order chi connectivity index (χ0) is 13.1. The van der Waals surface area contributed by atoms with E-state index in [1.165, 1.54) is 0 Å². The number of carbonyl (C=O) groups is 1. The van der Waals surface area contributed by atoms with Crippen LogP contribution in [-0.2, 0) is 6.54 Å². The van der Waals surface area contributed by atoms with Gasteiger partial charge < -0.3 is 9.67 Å². The summed E-state index contributed by atoms with van der Waals surface area (Å²) in [6.45, 7) is 4.83. The molecule has 94 valence electrons. The van der Waals surface area contributed by atoms with Crippen LogP contribution in [0.15, 0.2) is 36.7 Å². The van der Waals surface area contributed by atoms with Gasteiger partial charge in [-0.25, -0.2) is 9.78 Å². The summed E-state index contributed by atoms with van der Waals surface area (Å²) in [5.41, 5.74) is 1.29. The van der Waals surface area contributed by atoms with Crippen molar-refractivity contribution in [2.24, 2.45) is 0 Å². The summed E-state index contributed by atoms with van der Waals surface area (Å²) in [5.74, 6) is 0.463. The van der Waals surface area contributed by atoms with Crippen LogP contribution >= 0.6 is 0 Å². The first-order chi connectivity index (χ1) is 8.58. The Labute approximate surface area is 106 Å². The number of aromatic carboxylic acids is 1. The number of hydrogen-bond donors (Lipinski definition) is 1. The van der Waals surface area contributed by atoms with E-state index in [1.54, 1.807) is 24.4 Å². The predicted molar refractivity (Wildman–Crippen MR) is 68.8 cm³/mol. The van der Waals surface area contributed by atoms with Crippen molar-refractivity contribution in [3.8, 4) is 0 Å². The summed E-state index contributed by atoms with van der Waals surface area (Å²) in [6.07, 6.45) is 3.69. The van der Waals surface area contributed by atoms with Crippen molar-refractivity contribution in [3.63, 3.8) is 0 Å². The van der Waals surface area contributed by atoms with Crippen LogP contribution in [0.2, 0.25) is 0 Å². The maximum Gasteiger partial charge on any atom is 0.335 e. The Morgan fingerprint density at radius 2 is 2.22 bits per heavy atom. The van der Waals surface area contributed by atoms with Crippen LogP contribution in [0.5, 0.6) is 0 Å². The highest BCUT2D eigenvalue weighted by atomic mass is 16.4. The molecule has 0 unspecified atom stereocenters. The van der Waals surface area contributed by atoms with Crippen molar-refractivity contribution in [1.29, 1.82) is 0 Å². The number of imidazole rings is 1. The molecule has 0 aliphatic carbocycles. The normalized spacial score (nSPS) is 10.8. The average Bonchev–Trinajstić information content (AvgIpc) is 2.77. The zero-order valence-corrected chi connectivity index (χ0v) is 10.5. The fourth-order valence-electron chi connectivity index (χ4n) is 1.95. The minimum atomic E-state index is -0.897. The van der Waals surface area contributed by atoms with Gasteiger partial charge in [0.25, 0.3) is 0 Å². The summed E-state index contributed by atoms with van der Waals surface area (Å²) in [7, 11) is 0. The minimum Gasteiger partial charge on any atom is -0.478 e. The Kier molecular flexibility index (Phi) is 3.46. The van der Waals surface area contributed by atoms with Crippen molar-refractivity contribution >= 4 is 5.97 Å². The fraction of sp³-hybridized carbons (Fsp3) is 0.286. The van der Waals surface area contributed by atoms with Gasteiger partial charge in [-0.15, -0.1) is 0 Å². The lowest BCUT2D eigenvalue weighted by Crippen LogP contribution is -2.06. The number of carboxylic acid groups (broad SMARTS) is 1. The van der Waals surface area contributed by atoms with Gasteiger partial charge in [-0.2, -0.15) is 0 Å². The van der Waals surface area contributed by atoms with Crippen LogP contribution in [0.3, 0.4) is 0 Å². The van der Waals surface area contributed by atoms with Gasteiger partial charge in [0.2, 0.25) is 0 Å². The monoisotopic (exact) mass is 244 g/mol. The van der Waals surface area contributed by atoms with Gasteiger partial charge in [0.05, 0.1) is 5.56 Å². The summed E-state index contributed by atoms with van der Waals surface area (Å²) in [5, 5.41) is 8.96. The van der Waals surface area contributed by atoms with Crippen LogP contribution in [0.25, 0.3) is 0 Å². The van der Waals surface area contributed by atoms with E-state index in [0.717, 1.165) is 11.4 Å². The number of carboxylic acids is 1. The minimum absolute atomic E-state index is 0.318. The summed E-state index contributed by atoms with van der Waals surface area (Å²) in [4.78, 5) is 15.2. The molecule has 1 aromatic heterocycles. The van der Waals surface area contributed by atoms with Gasteiger partial charge in [-0.3, -0.25) is 0 Å². The number of aromatic nitrogens is 2. The molecule has 0 aliphatic rings. The molecule has 1 aromatic carbocycles. The lowest BCUT2D eigenvalue weighted by Gasteiger charge is -2.10. The van der Waals surface area contributed by atoms with Crippen LogP contribution < -0.4 is 0 Å². The largest absolute Gasteiger partial charge is 0.478 e. The van der Waals surface area contributed by atoms with Gasteiger partial charge in [0, 0.05) is 24.9 Å². The third-order valence-corrected chi connectivity index (χ3v) is 2.79. The SMILES string of the molecule is CC(C)c1nccn1Cc1cccc(C(=O)O)c1. The first-order valence-corrected chi connectivity index (χ1v) is 5.91. The van der Waals surface area contributed by atoms with Crippen molar-refractivity contribution in [1.82, 2.24) is 9.55 Å². The highest BCUT2D eigenvalue weighted by Crippen LogP contribution is 2.14. The predicted octanol–water partition coefficient (Wildman–Crippen LogP) is 2.75. The molecule has 4 heteroatoms. The highest BCUT2D eigenvalue weighted by molar-refractivity contribution is 5.87. The van der Waals surface area contributed by atoms with E-state index in [4.69, 9.17) is 5.11 Å². The molecule has 18 heavy (non-hydrogen) atoms. The lowest BCUT2D eigenvalue weighted by molar-refractivity contribution is 0.0696. The van der Waals surface area contributed by atoms with Crippen molar-refractivity contribution in [2.75, 3.05) is 0 Å². The topological polar surface area (TPSA) is 55.1 Å². The second kappa shape index (κ2) is 5.04. The van der Waals surface area contributed by atoms with Crippen molar-refractivity contribution in [3.05, 3.63) is 53.6 Å². The maximum absolute atomic E-state index is 10.9. The van der Waals surface area contributed by atoms with Gasteiger partial charge in [-0.05, 0) is 17.7 Å². The van der Waals surface area contributed by atoms with E-state index in [1.807, 2.05) is 16.8 Å². The molecule has 1 N–H and O–H groups in total. The van der Waals surface area contributed by atoms with Gasteiger partial charge in [-0.1, -0.05) is 26.0 Å². The van der Waals surface area contributed by atoms with E-state index in [0.29, 0.717) is 18.0 Å². The Balaban J connectivity index is 2.26. The molecule has 0 amide bonds. The van der Waals surface area contributed by atoms with Crippen LogP contribution in [0.1, 0.15) is 41.5 Å². The van der Waals surface area contributed by atoms with Crippen molar-refractivity contribution < 1.29 is 9.90 Å². The fourth-order valence-corrected chi connectivity index (χ4v) is 1.95. The Hall–Kier alpha value is -2.10. The molecule has 4 nitrogen and oxygen atoms in total. The molecule has 2 rings (SSSR count). The summed E-state index contributed by atoms with van der Waals surface area (Å²) >= 11 is 0. The smallest absolute Gasteiger partial charge is 0.335 e. The first kappa shape index (κ1) is 12.4. The Morgan fingerprint density at radius 3 is 2.89 bits per heavy atom. The summed E-state index contributed by atoms with van der Waals surface area (Å²) in [6, 6.07) is 7.00. The number of nitrogens with zero attached hydrogens (tertiary/aromatic N) is 2. The second-order valence-corrected chi connectivity index (χ2v) is 4.57. The molecule has 0 atom stereocenters. The molecule has 0 spiro atoms. The molecular formula is C14H16N2O2. The van der Waals surface area contributed by atoms with E-state index in [9.17, 15) is 4.79 Å². The van der Waals surface area contributed by atoms with Gasteiger partial charge >= 0.3 is 5.97 Å². The molecule has 0 radical (unpaired) electrons. The third kappa shape index (κ3) is 2.59. The quantitative estimate of drug-likeness (QED) is 0.899. The van der Waals surface area contributed by atoms with Crippen molar-refractivity contribution in [2.45, 2.75) is 26.3 Å². The van der Waals surface area contributed by atoms with Crippen LogP contribution in [0, 0.1) is 0 Å². The standard InChI is InChI=1S/C14H16N2O2/c1-10(2)13-15-6-7-16(13)9-11-4-3-5-12(8-11)14(17)18/h3-8,10H,9H2,1-2H3,(H,17,18). The highest BCUT2D eigenvalue weighted by Gasteiger charge is 2.08. The number of hydrogen-bond acceptors (Lipinski definition) is 2. The molecular weight excluding hydrogens is 228 g/mol. The van der Waals surface area contributed by atoms with Crippen LogP contribution in [0.4, 0.5) is 0 Å². The van der Waals surface area contributed by atoms with E-state index in [-0.39, 0.29) is 0 Å². The van der Waals surface area contributed by atoms with Gasteiger partial charge in [0.15, 0.2) is 0 Å². The Morgan fingerprint density at radius 1 is 1.44 bits per heavy atom. The van der Waals surface area contributed by atoms with E-state index >= 15 is 0 Å².